The van der Waals surface area contributed by atoms with Gasteiger partial charge in [0.1, 0.15) is 16.4 Å². The zero-order valence-corrected chi connectivity index (χ0v) is 20.8. The summed E-state index contributed by atoms with van der Waals surface area (Å²) >= 11 is 7.66. The molecule has 2 N–H and O–H groups in total. The molecule has 3 atom stereocenters. The molecule has 2 aromatic heterocycles. The quantitative estimate of drug-likeness (QED) is 0.431. The van der Waals surface area contributed by atoms with Gasteiger partial charge in [0, 0.05) is 23.7 Å². The second-order valence-electron chi connectivity index (χ2n) is 8.62. The molecule has 0 radical (unpaired) electrons. The van der Waals surface area contributed by atoms with E-state index < -0.39 is 18.0 Å². The summed E-state index contributed by atoms with van der Waals surface area (Å²) in [6.45, 7) is 1.45. The number of rotatable bonds is 7. The third-order valence-electron chi connectivity index (χ3n) is 6.49. The van der Waals surface area contributed by atoms with E-state index in [1.807, 2.05) is 11.0 Å². The number of carboxylic acids is 1. The summed E-state index contributed by atoms with van der Waals surface area (Å²) < 4.78 is 18.8. The number of thiophene rings is 1. The summed E-state index contributed by atoms with van der Waals surface area (Å²) in [5.41, 5.74) is 1.28. The number of pyridine rings is 1. The normalized spacial score (nSPS) is 19.2. The van der Waals surface area contributed by atoms with Crippen LogP contribution in [-0.2, 0) is 4.79 Å². The summed E-state index contributed by atoms with van der Waals surface area (Å²) in [6.07, 6.45) is 2.26. The van der Waals surface area contributed by atoms with Crippen molar-refractivity contribution in [3.8, 4) is 17.6 Å². The minimum Gasteiger partial charge on any atom is -0.497 e. The molecule has 1 aliphatic rings. The largest absolute Gasteiger partial charge is 0.497 e. The van der Waals surface area contributed by atoms with Crippen LogP contribution in [0.15, 0.2) is 35.8 Å². The predicted molar refractivity (Wildman–Crippen MR) is 134 cm³/mol. The van der Waals surface area contributed by atoms with Crippen LogP contribution >= 0.6 is 22.9 Å². The highest BCUT2D eigenvalue weighted by Gasteiger charge is 2.34. The fraction of sp³-hybridized carbons (Fsp3) is 0.385. The average Bonchev–Trinajstić information content (AvgIpc) is 3.26. The lowest BCUT2D eigenvalue weighted by atomic mass is 9.81. The number of aliphatic hydroxyl groups excluding tert-OH is 1. The lowest BCUT2D eigenvalue weighted by Crippen LogP contribution is -2.44. The molecule has 0 unspecified atom stereocenters. The first-order valence-corrected chi connectivity index (χ1v) is 12.6. The van der Waals surface area contributed by atoms with Crippen molar-refractivity contribution in [2.75, 3.05) is 26.7 Å². The zero-order chi connectivity index (χ0) is 24.9. The SMILES string of the molecule is COc1ccc2ncc(Cl)c([C@@H](O)CC[C@H]3CCN(CC#Cc4sccc4F)C[C@H]3C(=O)O)c2c1. The number of aliphatic hydroxyl groups is 1. The van der Waals surface area contributed by atoms with Gasteiger partial charge in [-0.15, -0.1) is 11.3 Å². The number of nitrogens with zero attached hydrogens (tertiary/aromatic N) is 2. The minimum atomic E-state index is -0.862. The Bertz CT molecular complexity index is 1270. The van der Waals surface area contributed by atoms with Crippen molar-refractivity contribution < 1.29 is 24.1 Å². The second kappa shape index (κ2) is 11.4. The van der Waals surface area contributed by atoms with E-state index in [1.165, 1.54) is 23.6 Å². The van der Waals surface area contributed by atoms with Crippen LogP contribution in [0.4, 0.5) is 4.39 Å². The zero-order valence-electron chi connectivity index (χ0n) is 19.2. The number of benzene rings is 1. The summed E-state index contributed by atoms with van der Waals surface area (Å²) in [5, 5.41) is 23.6. The van der Waals surface area contributed by atoms with Gasteiger partial charge in [-0.1, -0.05) is 23.4 Å². The van der Waals surface area contributed by atoms with E-state index in [1.54, 1.807) is 24.6 Å². The molecule has 0 saturated carbocycles. The summed E-state index contributed by atoms with van der Waals surface area (Å²) in [7, 11) is 1.57. The van der Waals surface area contributed by atoms with E-state index >= 15 is 0 Å². The Morgan fingerprint density at radius 1 is 1.43 bits per heavy atom. The molecule has 0 aliphatic carbocycles. The van der Waals surface area contributed by atoms with Crippen LogP contribution in [0.5, 0.6) is 5.75 Å². The number of hydrogen-bond donors (Lipinski definition) is 2. The highest BCUT2D eigenvalue weighted by Crippen LogP contribution is 2.36. The van der Waals surface area contributed by atoms with E-state index in [0.29, 0.717) is 65.6 Å². The molecular formula is C26H26ClFN2O4S. The van der Waals surface area contributed by atoms with Gasteiger partial charge in [0.15, 0.2) is 0 Å². The van der Waals surface area contributed by atoms with Crippen molar-refractivity contribution in [1.29, 1.82) is 0 Å². The Morgan fingerprint density at radius 3 is 2.97 bits per heavy atom. The van der Waals surface area contributed by atoms with E-state index in [9.17, 15) is 19.4 Å². The van der Waals surface area contributed by atoms with Crippen LogP contribution < -0.4 is 4.74 Å². The molecule has 1 fully saturated rings. The maximum atomic E-state index is 13.5. The monoisotopic (exact) mass is 516 g/mol. The molecule has 1 saturated heterocycles. The Hall–Kier alpha value is -2.70. The number of likely N-dealkylation sites (tertiary alicyclic amines) is 1. The van der Waals surface area contributed by atoms with Crippen molar-refractivity contribution >= 4 is 39.8 Å². The van der Waals surface area contributed by atoms with Gasteiger partial charge in [-0.3, -0.25) is 14.7 Å². The Morgan fingerprint density at radius 2 is 2.26 bits per heavy atom. The fourth-order valence-corrected chi connectivity index (χ4v) is 5.51. The van der Waals surface area contributed by atoms with Gasteiger partial charge < -0.3 is 14.9 Å². The Kier molecular flexibility index (Phi) is 8.24. The number of carbonyl (C=O) groups is 1. The van der Waals surface area contributed by atoms with Crippen molar-refractivity contribution in [3.63, 3.8) is 0 Å². The first-order valence-electron chi connectivity index (χ1n) is 11.3. The molecule has 184 valence electrons. The van der Waals surface area contributed by atoms with Crippen LogP contribution in [0.25, 0.3) is 10.9 Å². The van der Waals surface area contributed by atoms with Crippen molar-refractivity contribution in [1.82, 2.24) is 9.88 Å². The van der Waals surface area contributed by atoms with Crippen LogP contribution in [0.2, 0.25) is 5.02 Å². The minimum absolute atomic E-state index is 0.0810. The van der Waals surface area contributed by atoms with Gasteiger partial charge in [0.2, 0.25) is 0 Å². The van der Waals surface area contributed by atoms with Crippen molar-refractivity contribution in [2.45, 2.75) is 25.4 Å². The van der Waals surface area contributed by atoms with E-state index in [2.05, 4.69) is 16.8 Å². The van der Waals surface area contributed by atoms with Gasteiger partial charge >= 0.3 is 5.97 Å². The Balaban J connectivity index is 1.41. The standard InChI is InChI=1S/C26H26ClFN2O4S/c1-34-17-5-6-22-18(13-17)25(20(27)14-29-22)23(31)7-4-16-8-11-30(15-19(16)26(32)33)10-2-3-24-21(28)9-12-35-24/h5-6,9,12-14,16,19,23,31H,4,7-8,10-11,15H2,1H3,(H,32,33)/t16-,19+,23-/m0/s1. The molecular weight excluding hydrogens is 491 g/mol. The molecule has 3 heterocycles. The lowest BCUT2D eigenvalue weighted by Gasteiger charge is -2.36. The number of methoxy groups -OCH3 is 1. The number of aromatic nitrogens is 1. The molecule has 0 amide bonds. The first-order chi connectivity index (χ1) is 16.9. The Labute approximate surface area is 212 Å². The van der Waals surface area contributed by atoms with Gasteiger partial charge in [-0.2, -0.15) is 0 Å². The van der Waals surface area contributed by atoms with Gasteiger partial charge in [0.25, 0.3) is 0 Å². The molecule has 35 heavy (non-hydrogen) atoms. The summed E-state index contributed by atoms with van der Waals surface area (Å²) in [5.74, 6) is 4.59. The third kappa shape index (κ3) is 5.93. The summed E-state index contributed by atoms with van der Waals surface area (Å²) in [4.78, 5) is 18.7. The molecule has 0 spiro atoms. The molecule has 6 nitrogen and oxygen atoms in total. The highest BCUT2D eigenvalue weighted by atomic mass is 35.5. The average molecular weight is 517 g/mol. The van der Waals surface area contributed by atoms with Crippen LogP contribution in [0.3, 0.4) is 0 Å². The second-order valence-corrected chi connectivity index (χ2v) is 9.95. The number of hydrogen-bond acceptors (Lipinski definition) is 6. The van der Waals surface area contributed by atoms with E-state index in [0.717, 1.165) is 5.39 Å². The van der Waals surface area contributed by atoms with E-state index in [4.69, 9.17) is 16.3 Å². The lowest BCUT2D eigenvalue weighted by molar-refractivity contribution is -0.146. The first kappa shape index (κ1) is 25.4. The number of ether oxygens (including phenoxy) is 1. The number of fused-ring (bicyclic) bond motifs is 1. The molecule has 0 bridgehead atoms. The highest BCUT2D eigenvalue weighted by molar-refractivity contribution is 7.10. The molecule has 4 rings (SSSR count). The van der Waals surface area contributed by atoms with Gasteiger partial charge in [0.05, 0.1) is 36.2 Å². The van der Waals surface area contributed by atoms with Crippen LogP contribution in [0, 0.1) is 29.5 Å². The number of halogens is 2. The topological polar surface area (TPSA) is 82.9 Å². The van der Waals surface area contributed by atoms with Crippen molar-refractivity contribution in [3.05, 3.63) is 57.1 Å². The maximum absolute atomic E-state index is 13.5. The smallest absolute Gasteiger partial charge is 0.308 e. The van der Waals surface area contributed by atoms with Gasteiger partial charge in [-0.25, -0.2) is 4.39 Å². The fourth-order valence-electron chi connectivity index (χ4n) is 4.60. The third-order valence-corrected chi connectivity index (χ3v) is 7.60. The predicted octanol–water partition coefficient (Wildman–Crippen LogP) is 4.99. The maximum Gasteiger partial charge on any atom is 0.308 e. The van der Waals surface area contributed by atoms with Crippen LogP contribution in [-0.4, -0.2) is 52.8 Å². The van der Waals surface area contributed by atoms with Gasteiger partial charge in [-0.05, 0) is 61.4 Å². The summed E-state index contributed by atoms with van der Waals surface area (Å²) in [6, 6.07) is 6.79. The molecule has 1 aromatic carbocycles. The molecule has 9 heteroatoms. The van der Waals surface area contributed by atoms with E-state index in [-0.39, 0.29) is 11.7 Å². The number of aliphatic carboxylic acids is 1. The van der Waals surface area contributed by atoms with Crippen molar-refractivity contribution in [2.24, 2.45) is 11.8 Å². The molecule has 1 aliphatic heterocycles. The number of piperidine rings is 1. The van der Waals surface area contributed by atoms with Crippen LogP contribution in [0.1, 0.15) is 35.8 Å². The molecule has 3 aromatic rings. The number of carboxylic acid groups (broad SMARTS) is 1.